The fraction of sp³-hybridized carbons (Fsp3) is 0.364. The molecule has 2 atom stereocenters. The van der Waals surface area contributed by atoms with Crippen molar-refractivity contribution in [1.82, 2.24) is 0 Å². The van der Waals surface area contributed by atoms with Gasteiger partial charge in [0.25, 0.3) is 0 Å². The zero-order valence-electron chi connectivity index (χ0n) is 8.30. The van der Waals surface area contributed by atoms with Gasteiger partial charge in [-0.05, 0) is 11.6 Å². The standard InChI is InChI=1S/C11H10Cl4O/c12-6-8(9(13)4-5-16)7-2-1-3-10(14)11(7)15/h1-3,5,8-9H,4,6H2. The van der Waals surface area contributed by atoms with Crippen LogP contribution in [0.3, 0.4) is 0 Å². The summed E-state index contributed by atoms with van der Waals surface area (Å²) in [6.45, 7) is 0. The first-order valence-electron chi connectivity index (χ1n) is 4.69. The molecule has 0 fully saturated rings. The third-order valence-corrected chi connectivity index (χ3v) is 3.95. The van der Waals surface area contributed by atoms with Crippen molar-refractivity contribution >= 4 is 52.7 Å². The number of hydrogen-bond donors (Lipinski definition) is 0. The predicted octanol–water partition coefficient (Wildman–Crippen LogP) is 4.51. The van der Waals surface area contributed by atoms with E-state index in [1.165, 1.54) is 0 Å². The first-order valence-corrected chi connectivity index (χ1v) is 6.42. The fourth-order valence-electron chi connectivity index (χ4n) is 1.44. The first-order chi connectivity index (χ1) is 7.61. The predicted molar refractivity (Wildman–Crippen MR) is 70.2 cm³/mol. The summed E-state index contributed by atoms with van der Waals surface area (Å²) < 4.78 is 0. The van der Waals surface area contributed by atoms with Gasteiger partial charge in [0.05, 0.1) is 10.0 Å². The average Bonchev–Trinajstić information content (AvgIpc) is 2.25. The van der Waals surface area contributed by atoms with E-state index in [1.807, 2.05) is 6.07 Å². The van der Waals surface area contributed by atoms with Crippen LogP contribution in [-0.4, -0.2) is 17.5 Å². The number of halogens is 4. The van der Waals surface area contributed by atoms with Crippen molar-refractivity contribution in [3.63, 3.8) is 0 Å². The van der Waals surface area contributed by atoms with Crippen LogP contribution in [0.4, 0.5) is 0 Å². The Bertz CT molecular complexity index is 367. The van der Waals surface area contributed by atoms with Gasteiger partial charge in [-0.3, -0.25) is 0 Å². The van der Waals surface area contributed by atoms with Gasteiger partial charge in [0, 0.05) is 23.6 Å². The summed E-state index contributed by atoms with van der Waals surface area (Å²) >= 11 is 23.9. The number of carbonyl (C=O) groups is 1. The van der Waals surface area contributed by atoms with Crippen LogP contribution >= 0.6 is 46.4 Å². The Kier molecular flexibility index (Phi) is 5.91. The van der Waals surface area contributed by atoms with Crippen molar-refractivity contribution in [3.8, 4) is 0 Å². The molecule has 0 amide bonds. The zero-order chi connectivity index (χ0) is 12.1. The Hall–Kier alpha value is 0.0500. The van der Waals surface area contributed by atoms with E-state index in [1.54, 1.807) is 12.1 Å². The van der Waals surface area contributed by atoms with Crippen molar-refractivity contribution in [2.75, 3.05) is 5.88 Å². The number of hydrogen-bond acceptors (Lipinski definition) is 1. The molecular weight excluding hydrogens is 290 g/mol. The summed E-state index contributed by atoms with van der Waals surface area (Å²) in [5, 5.41) is 0.543. The van der Waals surface area contributed by atoms with Gasteiger partial charge in [-0.25, -0.2) is 0 Å². The molecule has 1 aromatic carbocycles. The Morgan fingerprint density at radius 1 is 1.31 bits per heavy atom. The number of aldehydes is 1. The van der Waals surface area contributed by atoms with E-state index < -0.39 is 0 Å². The summed E-state index contributed by atoms with van der Waals surface area (Å²) in [7, 11) is 0. The molecule has 0 aliphatic rings. The van der Waals surface area contributed by atoms with Crippen molar-refractivity contribution < 1.29 is 4.79 Å². The molecule has 88 valence electrons. The first kappa shape index (κ1) is 14.1. The van der Waals surface area contributed by atoms with Gasteiger partial charge < -0.3 is 4.79 Å². The van der Waals surface area contributed by atoms with E-state index in [-0.39, 0.29) is 17.7 Å². The highest BCUT2D eigenvalue weighted by molar-refractivity contribution is 6.42. The van der Waals surface area contributed by atoms with Crippen molar-refractivity contribution in [1.29, 1.82) is 0 Å². The molecule has 0 spiro atoms. The van der Waals surface area contributed by atoms with Gasteiger partial charge in [0.1, 0.15) is 6.29 Å². The largest absolute Gasteiger partial charge is 0.303 e. The summed E-state index contributed by atoms with van der Waals surface area (Å²) in [6, 6.07) is 5.30. The molecule has 0 bridgehead atoms. The van der Waals surface area contributed by atoms with Gasteiger partial charge >= 0.3 is 0 Å². The molecule has 2 unspecified atom stereocenters. The highest BCUT2D eigenvalue weighted by Gasteiger charge is 2.23. The molecule has 0 N–H and O–H groups in total. The third kappa shape index (κ3) is 3.27. The van der Waals surface area contributed by atoms with Crippen LogP contribution in [0, 0.1) is 0 Å². The van der Waals surface area contributed by atoms with E-state index in [0.717, 1.165) is 11.8 Å². The number of alkyl halides is 2. The Balaban J connectivity index is 3.03. The van der Waals surface area contributed by atoms with Crippen molar-refractivity contribution in [3.05, 3.63) is 33.8 Å². The van der Waals surface area contributed by atoms with Crippen LogP contribution in [0.15, 0.2) is 18.2 Å². The fourth-order valence-corrected chi connectivity index (χ4v) is 2.66. The number of benzene rings is 1. The Labute approximate surface area is 115 Å². The second-order valence-corrected chi connectivity index (χ2v) is 4.98. The lowest BCUT2D eigenvalue weighted by molar-refractivity contribution is -0.107. The van der Waals surface area contributed by atoms with E-state index in [0.29, 0.717) is 15.9 Å². The SMILES string of the molecule is O=CCC(Cl)C(CCl)c1cccc(Cl)c1Cl. The van der Waals surface area contributed by atoms with E-state index in [2.05, 4.69) is 0 Å². The second-order valence-electron chi connectivity index (χ2n) is 3.32. The van der Waals surface area contributed by atoms with Gasteiger partial charge in [0.15, 0.2) is 0 Å². The Morgan fingerprint density at radius 3 is 2.56 bits per heavy atom. The minimum atomic E-state index is -0.369. The summed E-state index contributed by atoms with van der Waals surface area (Å²) in [4.78, 5) is 10.4. The molecule has 0 saturated heterocycles. The summed E-state index contributed by atoms with van der Waals surface area (Å²) in [6.07, 6.45) is 1.01. The van der Waals surface area contributed by atoms with E-state index in [4.69, 9.17) is 46.4 Å². The molecule has 1 aromatic rings. The summed E-state index contributed by atoms with van der Waals surface area (Å²) in [5.74, 6) is 0.113. The molecule has 0 radical (unpaired) electrons. The van der Waals surface area contributed by atoms with Crippen LogP contribution in [0.25, 0.3) is 0 Å². The van der Waals surface area contributed by atoms with Crippen LogP contribution in [0.5, 0.6) is 0 Å². The number of carbonyl (C=O) groups excluding carboxylic acids is 1. The molecule has 0 heterocycles. The third-order valence-electron chi connectivity index (χ3n) is 2.31. The normalized spacial score (nSPS) is 14.5. The van der Waals surface area contributed by atoms with Crippen molar-refractivity contribution in [2.24, 2.45) is 0 Å². The molecular formula is C11H10Cl4O. The van der Waals surface area contributed by atoms with E-state index >= 15 is 0 Å². The second kappa shape index (κ2) is 6.70. The zero-order valence-corrected chi connectivity index (χ0v) is 11.3. The average molecular weight is 300 g/mol. The lowest BCUT2D eigenvalue weighted by atomic mass is 9.96. The maximum absolute atomic E-state index is 10.4. The Morgan fingerprint density at radius 2 is 2.00 bits per heavy atom. The lowest BCUT2D eigenvalue weighted by Gasteiger charge is -2.20. The highest BCUT2D eigenvalue weighted by Crippen LogP contribution is 2.35. The topological polar surface area (TPSA) is 17.1 Å². The van der Waals surface area contributed by atoms with Crippen LogP contribution in [0.2, 0.25) is 10.0 Å². The van der Waals surface area contributed by atoms with Gasteiger partial charge in [-0.15, -0.1) is 23.2 Å². The molecule has 0 saturated carbocycles. The molecule has 5 heteroatoms. The summed E-state index contributed by atoms with van der Waals surface area (Å²) in [5.41, 5.74) is 0.783. The minimum absolute atomic E-state index is 0.181. The molecule has 16 heavy (non-hydrogen) atoms. The molecule has 1 rings (SSSR count). The van der Waals surface area contributed by atoms with Gasteiger partial charge in [-0.1, -0.05) is 35.3 Å². The molecule has 0 aromatic heterocycles. The number of rotatable bonds is 5. The maximum Gasteiger partial charge on any atom is 0.121 e. The highest BCUT2D eigenvalue weighted by atomic mass is 35.5. The monoisotopic (exact) mass is 298 g/mol. The van der Waals surface area contributed by atoms with Crippen LogP contribution in [-0.2, 0) is 4.79 Å². The maximum atomic E-state index is 10.4. The molecule has 1 nitrogen and oxygen atoms in total. The van der Waals surface area contributed by atoms with Crippen molar-refractivity contribution in [2.45, 2.75) is 17.7 Å². The van der Waals surface area contributed by atoms with E-state index in [9.17, 15) is 4.79 Å². The molecule has 0 aliphatic carbocycles. The van der Waals surface area contributed by atoms with Crippen LogP contribution < -0.4 is 0 Å². The quantitative estimate of drug-likeness (QED) is 0.577. The molecule has 0 aliphatic heterocycles. The van der Waals surface area contributed by atoms with Crippen LogP contribution in [0.1, 0.15) is 17.9 Å². The van der Waals surface area contributed by atoms with Gasteiger partial charge in [-0.2, -0.15) is 0 Å². The van der Waals surface area contributed by atoms with Gasteiger partial charge in [0.2, 0.25) is 0 Å². The smallest absolute Gasteiger partial charge is 0.121 e. The lowest BCUT2D eigenvalue weighted by Crippen LogP contribution is -2.15. The minimum Gasteiger partial charge on any atom is -0.303 e.